The molecule has 5 heteroatoms. The minimum atomic E-state index is -0.957. The fourth-order valence-corrected chi connectivity index (χ4v) is 3.17. The number of aromatic nitrogens is 1. The number of rotatable bonds is 13. The smallest absolute Gasteiger partial charge is 0.127 e. The molecule has 0 fully saturated rings. The summed E-state index contributed by atoms with van der Waals surface area (Å²) in [7, 11) is 0. The van der Waals surface area contributed by atoms with E-state index >= 15 is 0 Å². The zero-order chi connectivity index (χ0) is 19.5. The van der Waals surface area contributed by atoms with E-state index in [-0.39, 0.29) is 13.2 Å². The minimum Gasteiger partial charge on any atom is -0.394 e. The molecule has 2 rings (SSSR count). The Labute approximate surface area is 162 Å². The highest BCUT2D eigenvalue weighted by Crippen LogP contribution is 2.17. The van der Waals surface area contributed by atoms with Gasteiger partial charge in [0.25, 0.3) is 0 Å². The van der Waals surface area contributed by atoms with Gasteiger partial charge in [-0.2, -0.15) is 0 Å². The van der Waals surface area contributed by atoms with Crippen molar-refractivity contribution in [2.24, 2.45) is 5.73 Å². The van der Waals surface area contributed by atoms with E-state index in [1.165, 1.54) is 36.8 Å². The van der Waals surface area contributed by atoms with Gasteiger partial charge in [0, 0.05) is 5.56 Å². The van der Waals surface area contributed by atoms with Gasteiger partial charge in [-0.3, -0.25) is 0 Å². The average Bonchev–Trinajstić information content (AvgIpc) is 3.16. The molecule has 0 saturated heterocycles. The Balaban J connectivity index is 1.82. The van der Waals surface area contributed by atoms with Gasteiger partial charge in [-0.25, -0.2) is 0 Å². The van der Waals surface area contributed by atoms with Crippen LogP contribution in [-0.2, 0) is 25.7 Å². The first-order valence-corrected chi connectivity index (χ1v) is 10.1. The van der Waals surface area contributed by atoms with Gasteiger partial charge < -0.3 is 20.5 Å². The third-order valence-corrected chi connectivity index (χ3v) is 5.24. The lowest BCUT2D eigenvalue weighted by Crippen LogP contribution is -2.47. The van der Waals surface area contributed by atoms with E-state index < -0.39 is 5.54 Å². The topological polar surface area (TPSA) is 92.5 Å². The third kappa shape index (κ3) is 7.09. The largest absolute Gasteiger partial charge is 0.394 e. The highest BCUT2D eigenvalue weighted by atomic mass is 16.5. The molecule has 0 aliphatic rings. The first-order chi connectivity index (χ1) is 13.1. The van der Waals surface area contributed by atoms with Crippen molar-refractivity contribution in [2.45, 2.75) is 70.3 Å². The summed E-state index contributed by atoms with van der Waals surface area (Å²) in [5.41, 5.74) is 9.61. The van der Waals surface area contributed by atoms with Gasteiger partial charge in [0.1, 0.15) is 6.26 Å². The number of hydrogen-bond donors (Lipinski definition) is 3. The monoisotopic (exact) mass is 374 g/mol. The summed E-state index contributed by atoms with van der Waals surface area (Å²) in [6.07, 6.45) is 10.8. The van der Waals surface area contributed by atoms with Crippen LogP contribution >= 0.6 is 0 Å². The zero-order valence-corrected chi connectivity index (χ0v) is 16.5. The molecule has 0 saturated carbocycles. The highest BCUT2D eigenvalue weighted by molar-refractivity contribution is 5.24. The SMILES string of the molecule is CCCCCCc1ccc(CCc2nocc2CCC(N)(CO)CO)cc1. The summed E-state index contributed by atoms with van der Waals surface area (Å²) in [6, 6.07) is 8.88. The summed E-state index contributed by atoms with van der Waals surface area (Å²) < 4.78 is 5.13. The number of nitrogens with two attached hydrogens (primary N) is 1. The standard InChI is InChI=1S/C22H34N2O3/c1-2-3-4-5-6-18-7-9-19(10-8-18)11-12-21-20(15-27-24-21)13-14-22(23,16-25)17-26/h7-10,15,25-26H,2-6,11-14,16-17,23H2,1H3. The van der Waals surface area contributed by atoms with E-state index in [4.69, 9.17) is 10.3 Å². The van der Waals surface area contributed by atoms with Crippen LogP contribution < -0.4 is 5.73 Å². The molecule has 0 aliphatic heterocycles. The Morgan fingerprint density at radius 1 is 0.926 bits per heavy atom. The number of hydrogen-bond acceptors (Lipinski definition) is 5. The number of aliphatic hydroxyl groups is 2. The molecule has 0 spiro atoms. The van der Waals surface area contributed by atoms with Crippen molar-refractivity contribution < 1.29 is 14.7 Å². The summed E-state index contributed by atoms with van der Waals surface area (Å²) in [5.74, 6) is 0. The maximum absolute atomic E-state index is 9.31. The number of benzene rings is 1. The molecule has 1 aromatic carbocycles. The Bertz CT molecular complexity index is 648. The van der Waals surface area contributed by atoms with Crippen molar-refractivity contribution >= 4 is 0 Å². The maximum Gasteiger partial charge on any atom is 0.127 e. The highest BCUT2D eigenvalue weighted by Gasteiger charge is 2.23. The zero-order valence-electron chi connectivity index (χ0n) is 16.5. The third-order valence-electron chi connectivity index (χ3n) is 5.24. The van der Waals surface area contributed by atoms with Gasteiger partial charge in [-0.1, -0.05) is 55.6 Å². The average molecular weight is 375 g/mol. The lowest BCUT2D eigenvalue weighted by molar-refractivity contribution is 0.115. The van der Waals surface area contributed by atoms with Crippen LogP contribution in [0.2, 0.25) is 0 Å². The molecule has 150 valence electrons. The number of aryl methyl sites for hydroxylation is 4. The van der Waals surface area contributed by atoms with Crippen LogP contribution in [0.4, 0.5) is 0 Å². The first kappa shape index (κ1) is 21.6. The molecule has 0 atom stereocenters. The molecular formula is C22H34N2O3. The molecule has 2 aromatic rings. The van der Waals surface area contributed by atoms with Crippen molar-refractivity contribution in [1.29, 1.82) is 0 Å². The Hall–Kier alpha value is -1.69. The summed E-state index contributed by atoms with van der Waals surface area (Å²) in [5, 5.41) is 22.7. The lowest BCUT2D eigenvalue weighted by Gasteiger charge is -2.24. The van der Waals surface area contributed by atoms with Gasteiger partial charge in [-0.15, -0.1) is 0 Å². The molecular weight excluding hydrogens is 340 g/mol. The van der Waals surface area contributed by atoms with Crippen molar-refractivity contribution in [3.63, 3.8) is 0 Å². The quantitative estimate of drug-likeness (QED) is 0.468. The summed E-state index contributed by atoms with van der Waals surface area (Å²) >= 11 is 0. The van der Waals surface area contributed by atoms with E-state index in [0.717, 1.165) is 30.5 Å². The van der Waals surface area contributed by atoms with Crippen molar-refractivity contribution in [1.82, 2.24) is 5.16 Å². The van der Waals surface area contributed by atoms with Crippen LogP contribution in [0.5, 0.6) is 0 Å². The van der Waals surface area contributed by atoms with Gasteiger partial charge in [0.15, 0.2) is 0 Å². The van der Waals surface area contributed by atoms with Gasteiger partial charge >= 0.3 is 0 Å². The molecule has 0 unspecified atom stereocenters. The second-order valence-corrected chi connectivity index (χ2v) is 7.59. The molecule has 1 aromatic heterocycles. The normalized spacial score (nSPS) is 11.9. The fraction of sp³-hybridized carbons (Fsp3) is 0.591. The molecule has 0 amide bonds. The Morgan fingerprint density at radius 3 is 2.22 bits per heavy atom. The number of nitrogens with zero attached hydrogens (tertiary/aromatic N) is 1. The summed E-state index contributed by atoms with van der Waals surface area (Å²) in [4.78, 5) is 0. The summed E-state index contributed by atoms with van der Waals surface area (Å²) in [6.45, 7) is 1.75. The van der Waals surface area contributed by atoms with E-state index in [0.29, 0.717) is 12.8 Å². The molecule has 0 bridgehead atoms. The molecule has 4 N–H and O–H groups in total. The maximum atomic E-state index is 9.31. The molecule has 5 nitrogen and oxygen atoms in total. The molecule has 0 radical (unpaired) electrons. The van der Waals surface area contributed by atoms with Gasteiger partial charge in [-0.05, 0) is 49.7 Å². The lowest BCUT2D eigenvalue weighted by atomic mass is 9.93. The van der Waals surface area contributed by atoms with Crippen LogP contribution in [0.15, 0.2) is 35.1 Å². The van der Waals surface area contributed by atoms with E-state index in [1.807, 2.05) is 0 Å². The fourth-order valence-electron chi connectivity index (χ4n) is 3.17. The predicted octanol–water partition coefficient (Wildman–Crippen LogP) is 3.20. The predicted molar refractivity (Wildman–Crippen MR) is 108 cm³/mol. The van der Waals surface area contributed by atoms with Gasteiger partial charge in [0.2, 0.25) is 0 Å². The van der Waals surface area contributed by atoms with E-state index in [1.54, 1.807) is 6.26 Å². The van der Waals surface area contributed by atoms with Crippen molar-refractivity contribution in [3.8, 4) is 0 Å². The van der Waals surface area contributed by atoms with Crippen molar-refractivity contribution in [2.75, 3.05) is 13.2 Å². The van der Waals surface area contributed by atoms with Crippen LogP contribution in [0, 0.1) is 0 Å². The minimum absolute atomic E-state index is 0.241. The molecule has 1 heterocycles. The number of unbranched alkanes of at least 4 members (excludes halogenated alkanes) is 3. The molecule has 0 aliphatic carbocycles. The van der Waals surface area contributed by atoms with E-state index in [9.17, 15) is 10.2 Å². The Morgan fingerprint density at radius 2 is 1.59 bits per heavy atom. The Kier molecular flexibility index (Phi) is 8.98. The van der Waals surface area contributed by atoms with Crippen molar-refractivity contribution in [3.05, 3.63) is 52.9 Å². The van der Waals surface area contributed by atoms with Gasteiger partial charge in [0.05, 0.1) is 24.4 Å². The van der Waals surface area contributed by atoms with E-state index in [2.05, 4.69) is 36.3 Å². The second-order valence-electron chi connectivity index (χ2n) is 7.59. The van der Waals surface area contributed by atoms with Crippen LogP contribution in [0.25, 0.3) is 0 Å². The van der Waals surface area contributed by atoms with Crippen LogP contribution in [-0.4, -0.2) is 34.1 Å². The first-order valence-electron chi connectivity index (χ1n) is 10.1. The number of aliphatic hydroxyl groups excluding tert-OH is 2. The molecule has 27 heavy (non-hydrogen) atoms. The second kappa shape index (κ2) is 11.2. The van der Waals surface area contributed by atoms with Crippen LogP contribution in [0.1, 0.15) is 61.4 Å². The van der Waals surface area contributed by atoms with Crippen LogP contribution in [0.3, 0.4) is 0 Å².